The fourth-order valence-electron chi connectivity index (χ4n) is 4.72. The Labute approximate surface area is 212 Å². The van der Waals surface area contributed by atoms with Gasteiger partial charge in [-0.1, -0.05) is 42.1 Å². The summed E-state index contributed by atoms with van der Waals surface area (Å²) in [4.78, 5) is 25.6. The number of benzene rings is 2. The summed E-state index contributed by atoms with van der Waals surface area (Å²) in [6.45, 7) is 1.05. The number of aryl methyl sites for hydroxylation is 4. The largest absolute Gasteiger partial charge is 0.486 e. The zero-order valence-corrected chi connectivity index (χ0v) is 21.1. The third-order valence-corrected chi connectivity index (χ3v) is 8.67. The van der Waals surface area contributed by atoms with Gasteiger partial charge in [0.15, 0.2) is 17.3 Å². The molecule has 5 nitrogen and oxygen atoms in total. The zero-order valence-electron chi connectivity index (χ0n) is 19.4. The van der Waals surface area contributed by atoms with Crippen LogP contribution in [0.15, 0.2) is 53.6 Å². The quantitative estimate of drug-likeness (QED) is 0.173. The van der Waals surface area contributed by atoms with E-state index in [1.807, 2.05) is 29.5 Å². The lowest BCUT2D eigenvalue weighted by molar-refractivity contribution is 0.102. The topological polar surface area (TPSA) is 61.3 Å². The van der Waals surface area contributed by atoms with Gasteiger partial charge in [-0.2, -0.15) is 0 Å². The first-order chi connectivity index (χ1) is 17.2. The van der Waals surface area contributed by atoms with Crippen LogP contribution in [0.4, 0.5) is 0 Å². The molecular weight excluding hydrogens is 476 g/mol. The zero-order chi connectivity index (χ0) is 23.6. The van der Waals surface area contributed by atoms with Gasteiger partial charge in [-0.05, 0) is 61.4 Å². The van der Waals surface area contributed by atoms with Crippen molar-refractivity contribution < 1.29 is 14.3 Å². The molecule has 35 heavy (non-hydrogen) atoms. The van der Waals surface area contributed by atoms with Crippen LogP contribution in [0.25, 0.3) is 10.2 Å². The third kappa shape index (κ3) is 4.80. The molecule has 0 unspecified atom stereocenters. The molecule has 0 atom stereocenters. The smallest absolute Gasteiger partial charge is 0.173 e. The van der Waals surface area contributed by atoms with Crippen LogP contribution in [0.3, 0.4) is 0 Å². The standard InChI is InChI=1S/C28H26N2O3S2/c31-21(19-11-12-22-23(16-19)33-15-14-32-22)17-34-27-26-20-8-4-5-9-24(20)35-28(26)30-25(29-27)13-10-18-6-2-1-3-7-18/h1-3,6-7,11-12,16H,4-5,8-10,13-15,17H2. The van der Waals surface area contributed by atoms with E-state index in [0.29, 0.717) is 36.0 Å². The second-order valence-electron chi connectivity index (χ2n) is 8.89. The first-order valence-corrected chi connectivity index (χ1v) is 14.0. The van der Waals surface area contributed by atoms with Gasteiger partial charge in [-0.3, -0.25) is 4.79 Å². The van der Waals surface area contributed by atoms with E-state index in [1.165, 1.54) is 46.0 Å². The van der Waals surface area contributed by atoms with Crippen molar-refractivity contribution in [2.75, 3.05) is 19.0 Å². The highest BCUT2D eigenvalue weighted by Gasteiger charge is 2.22. The Morgan fingerprint density at radius 1 is 0.943 bits per heavy atom. The van der Waals surface area contributed by atoms with Gasteiger partial charge in [-0.25, -0.2) is 9.97 Å². The van der Waals surface area contributed by atoms with Gasteiger partial charge in [0, 0.05) is 22.2 Å². The summed E-state index contributed by atoms with van der Waals surface area (Å²) in [5.41, 5.74) is 3.33. The number of aromatic nitrogens is 2. The predicted octanol–water partition coefficient (Wildman–Crippen LogP) is 6.10. The van der Waals surface area contributed by atoms with E-state index in [-0.39, 0.29) is 5.78 Å². The predicted molar refractivity (Wildman–Crippen MR) is 140 cm³/mol. The molecule has 0 amide bonds. The lowest BCUT2D eigenvalue weighted by Gasteiger charge is -2.18. The van der Waals surface area contributed by atoms with E-state index in [2.05, 4.69) is 24.3 Å². The number of thiophene rings is 1. The molecule has 0 N–H and O–H groups in total. The molecule has 4 aromatic rings. The van der Waals surface area contributed by atoms with Crippen LogP contribution in [0.1, 0.15) is 45.0 Å². The minimum atomic E-state index is 0.0636. The van der Waals surface area contributed by atoms with Crippen LogP contribution in [0, 0.1) is 0 Å². The number of carbonyl (C=O) groups is 1. The van der Waals surface area contributed by atoms with Gasteiger partial charge in [-0.15, -0.1) is 11.3 Å². The Morgan fingerprint density at radius 2 is 1.77 bits per heavy atom. The van der Waals surface area contributed by atoms with Gasteiger partial charge in [0.1, 0.15) is 28.9 Å². The van der Waals surface area contributed by atoms with Crippen molar-refractivity contribution in [3.05, 3.63) is 75.9 Å². The maximum Gasteiger partial charge on any atom is 0.173 e. The van der Waals surface area contributed by atoms with Crippen LogP contribution in [-0.2, 0) is 25.7 Å². The molecule has 6 rings (SSSR count). The molecule has 1 aliphatic carbocycles. The summed E-state index contributed by atoms with van der Waals surface area (Å²) in [5, 5.41) is 2.12. The summed E-state index contributed by atoms with van der Waals surface area (Å²) in [6.07, 6.45) is 6.32. The molecule has 2 aliphatic rings. The molecule has 3 heterocycles. The van der Waals surface area contributed by atoms with Gasteiger partial charge in [0.2, 0.25) is 0 Å². The summed E-state index contributed by atoms with van der Waals surface area (Å²) < 4.78 is 11.3. The molecule has 0 spiro atoms. The van der Waals surface area contributed by atoms with Crippen LogP contribution in [-0.4, -0.2) is 34.7 Å². The van der Waals surface area contributed by atoms with Crippen molar-refractivity contribution in [3.63, 3.8) is 0 Å². The highest BCUT2D eigenvalue weighted by atomic mass is 32.2. The van der Waals surface area contributed by atoms with Crippen molar-refractivity contribution in [1.29, 1.82) is 0 Å². The fourth-order valence-corrected chi connectivity index (χ4v) is 7.03. The Morgan fingerprint density at radius 3 is 2.66 bits per heavy atom. The van der Waals surface area contributed by atoms with Crippen LogP contribution in [0.5, 0.6) is 11.5 Å². The van der Waals surface area contributed by atoms with E-state index in [1.54, 1.807) is 6.07 Å². The Kier molecular flexibility index (Phi) is 6.44. The molecular formula is C28H26N2O3S2. The number of rotatable bonds is 7. The number of hydrogen-bond acceptors (Lipinski definition) is 7. The number of nitrogens with zero attached hydrogens (tertiary/aromatic N) is 2. The van der Waals surface area contributed by atoms with Gasteiger partial charge >= 0.3 is 0 Å². The Balaban J connectivity index is 1.27. The summed E-state index contributed by atoms with van der Waals surface area (Å²) >= 11 is 3.35. The second-order valence-corrected chi connectivity index (χ2v) is 10.9. The number of ether oxygens (including phenoxy) is 2. The molecule has 1 aliphatic heterocycles. The van der Waals surface area contributed by atoms with E-state index in [9.17, 15) is 4.79 Å². The average Bonchev–Trinajstić information content (AvgIpc) is 3.29. The molecule has 0 radical (unpaired) electrons. The lowest BCUT2D eigenvalue weighted by Crippen LogP contribution is -2.16. The summed E-state index contributed by atoms with van der Waals surface area (Å²) in [6, 6.07) is 15.9. The van der Waals surface area contributed by atoms with Crippen molar-refractivity contribution >= 4 is 39.1 Å². The van der Waals surface area contributed by atoms with Crippen LogP contribution >= 0.6 is 23.1 Å². The normalized spacial score (nSPS) is 14.6. The minimum Gasteiger partial charge on any atom is -0.486 e. The second kappa shape index (κ2) is 9.99. The number of fused-ring (bicyclic) bond motifs is 4. The van der Waals surface area contributed by atoms with E-state index in [4.69, 9.17) is 19.4 Å². The maximum absolute atomic E-state index is 13.1. The number of Topliss-reactive ketones (excluding diaryl/α,β-unsaturated/α-hetero) is 1. The van der Waals surface area contributed by atoms with Crippen LogP contribution < -0.4 is 9.47 Å². The number of thioether (sulfide) groups is 1. The Bertz CT molecular complexity index is 1380. The number of hydrogen-bond donors (Lipinski definition) is 0. The number of ketones is 1. The summed E-state index contributed by atoms with van der Waals surface area (Å²) in [7, 11) is 0. The maximum atomic E-state index is 13.1. The molecule has 2 aromatic carbocycles. The molecule has 178 valence electrons. The van der Waals surface area contributed by atoms with Gasteiger partial charge in [0.25, 0.3) is 0 Å². The highest BCUT2D eigenvalue weighted by Crippen LogP contribution is 2.40. The monoisotopic (exact) mass is 502 g/mol. The molecule has 0 saturated carbocycles. The first-order valence-electron chi connectivity index (χ1n) is 12.2. The van der Waals surface area contributed by atoms with Crippen LogP contribution in [0.2, 0.25) is 0 Å². The van der Waals surface area contributed by atoms with E-state index >= 15 is 0 Å². The molecule has 2 aromatic heterocycles. The van der Waals surface area contributed by atoms with E-state index < -0.39 is 0 Å². The van der Waals surface area contributed by atoms with Crippen molar-refractivity contribution in [2.45, 2.75) is 43.6 Å². The average molecular weight is 503 g/mol. The van der Waals surface area contributed by atoms with Crippen molar-refractivity contribution in [1.82, 2.24) is 9.97 Å². The molecule has 0 fully saturated rings. The molecule has 0 saturated heterocycles. The number of carbonyl (C=O) groups excluding carboxylic acids is 1. The molecule has 0 bridgehead atoms. The van der Waals surface area contributed by atoms with E-state index in [0.717, 1.165) is 41.4 Å². The Hall–Kier alpha value is -2.90. The SMILES string of the molecule is O=C(CSc1nc(CCc2ccccc2)nc2sc3c(c12)CCCC3)c1ccc2c(c1)OCCO2. The van der Waals surface area contributed by atoms with Crippen molar-refractivity contribution in [3.8, 4) is 11.5 Å². The van der Waals surface area contributed by atoms with Gasteiger partial charge < -0.3 is 9.47 Å². The highest BCUT2D eigenvalue weighted by molar-refractivity contribution is 8.00. The fraction of sp³-hybridized carbons (Fsp3) is 0.321. The lowest BCUT2D eigenvalue weighted by atomic mass is 9.97. The minimum absolute atomic E-state index is 0.0636. The molecule has 7 heteroatoms. The first kappa shape index (κ1) is 22.6. The van der Waals surface area contributed by atoms with Gasteiger partial charge in [0.05, 0.1) is 5.75 Å². The van der Waals surface area contributed by atoms with Crippen molar-refractivity contribution in [2.24, 2.45) is 0 Å². The third-order valence-electron chi connectivity index (χ3n) is 6.51. The summed E-state index contributed by atoms with van der Waals surface area (Å²) in [5.74, 6) is 2.59.